The van der Waals surface area contributed by atoms with E-state index in [1.54, 1.807) is 0 Å². The van der Waals surface area contributed by atoms with Gasteiger partial charge in [-0.1, -0.05) is 6.07 Å². The minimum absolute atomic E-state index is 0.401. The lowest BCUT2D eigenvalue weighted by Gasteiger charge is -2.13. The van der Waals surface area contributed by atoms with E-state index in [9.17, 15) is 8.42 Å². The van der Waals surface area contributed by atoms with Crippen molar-refractivity contribution in [3.05, 3.63) is 35.5 Å². The first-order chi connectivity index (χ1) is 9.60. The van der Waals surface area contributed by atoms with Crippen molar-refractivity contribution in [2.75, 3.05) is 19.6 Å². The molecule has 1 fully saturated rings. The summed E-state index contributed by atoms with van der Waals surface area (Å²) in [4.78, 5) is 3.21. The highest BCUT2D eigenvalue weighted by Crippen LogP contribution is 2.22. The molecule has 0 saturated carbocycles. The van der Waals surface area contributed by atoms with E-state index in [4.69, 9.17) is 5.73 Å². The highest BCUT2D eigenvalue weighted by molar-refractivity contribution is 7.87. The van der Waals surface area contributed by atoms with Gasteiger partial charge in [0.2, 0.25) is 0 Å². The van der Waals surface area contributed by atoms with E-state index >= 15 is 0 Å². The van der Waals surface area contributed by atoms with Crippen molar-refractivity contribution in [3.8, 4) is 0 Å². The number of benzene rings is 1. The normalized spacial score (nSPS) is 18.9. The van der Waals surface area contributed by atoms with Gasteiger partial charge in [0.05, 0.1) is 0 Å². The van der Waals surface area contributed by atoms with Gasteiger partial charge < -0.3 is 10.7 Å². The summed E-state index contributed by atoms with van der Waals surface area (Å²) in [5.41, 5.74) is 8.82. The third-order valence-corrected chi connectivity index (χ3v) is 5.15. The lowest BCUT2D eigenvalue weighted by atomic mass is 10.1. The molecule has 1 saturated heterocycles. The third-order valence-electron chi connectivity index (χ3n) is 3.59. The Morgan fingerprint density at radius 1 is 1.35 bits per heavy atom. The van der Waals surface area contributed by atoms with Gasteiger partial charge in [0, 0.05) is 36.7 Å². The van der Waals surface area contributed by atoms with E-state index in [0.29, 0.717) is 26.2 Å². The third kappa shape index (κ3) is 2.45. The Hall–Kier alpha value is -1.41. The molecule has 0 aliphatic carbocycles. The van der Waals surface area contributed by atoms with Crippen molar-refractivity contribution < 1.29 is 8.42 Å². The molecule has 0 atom stereocenters. The highest BCUT2D eigenvalue weighted by Gasteiger charge is 2.27. The van der Waals surface area contributed by atoms with Crippen LogP contribution in [0.3, 0.4) is 0 Å². The Kier molecular flexibility index (Phi) is 3.51. The Morgan fingerprint density at radius 2 is 2.20 bits per heavy atom. The van der Waals surface area contributed by atoms with Gasteiger partial charge in [-0.25, -0.2) is 4.72 Å². The van der Waals surface area contributed by atoms with Crippen molar-refractivity contribution in [3.63, 3.8) is 0 Å². The highest BCUT2D eigenvalue weighted by atomic mass is 32.2. The molecule has 20 heavy (non-hydrogen) atoms. The summed E-state index contributed by atoms with van der Waals surface area (Å²) in [5.74, 6) is 0. The van der Waals surface area contributed by atoms with Crippen LogP contribution in [0.1, 0.15) is 11.1 Å². The second kappa shape index (κ2) is 5.17. The van der Waals surface area contributed by atoms with Crippen LogP contribution in [-0.2, 0) is 23.2 Å². The molecule has 0 spiro atoms. The number of nitrogens with one attached hydrogen (secondary N) is 2. The summed E-state index contributed by atoms with van der Waals surface area (Å²) in [6.07, 6.45) is 2.78. The largest absolute Gasteiger partial charge is 0.361 e. The number of nitrogens with two attached hydrogens (primary N) is 1. The first-order valence-corrected chi connectivity index (χ1v) is 8.08. The van der Waals surface area contributed by atoms with Gasteiger partial charge in [-0.15, -0.1) is 0 Å². The zero-order chi connectivity index (χ0) is 14.2. The smallest absolute Gasteiger partial charge is 0.279 e. The molecule has 7 heteroatoms. The van der Waals surface area contributed by atoms with Crippen LogP contribution in [0.2, 0.25) is 0 Å². The predicted octanol–water partition coefficient (Wildman–Crippen LogP) is 0.319. The van der Waals surface area contributed by atoms with Crippen LogP contribution in [0.25, 0.3) is 10.9 Å². The van der Waals surface area contributed by atoms with Crippen LogP contribution in [0, 0.1) is 0 Å². The van der Waals surface area contributed by atoms with E-state index in [2.05, 4.69) is 9.71 Å². The monoisotopic (exact) mass is 294 g/mol. The molecule has 2 aromatic rings. The minimum Gasteiger partial charge on any atom is -0.361 e. The molecule has 0 bridgehead atoms. The number of H-pyrrole nitrogens is 1. The topological polar surface area (TPSA) is 91.2 Å². The van der Waals surface area contributed by atoms with Gasteiger partial charge in [0.15, 0.2) is 0 Å². The number of hydrogen-bond acceptors (Lipinski definition) is 3. The average Bonchev–Trinajstić information content (AvgIpc) is 2.95. The van der Waals surface area contributed by atoms with E-state index in [-0.39, 0.29) is 0 Å². The van der Waals surface area contributed by atoms with Crippen molar-refractivity contribution in [1.82, 2.24) is 14.0 Å². The zero-order valence-corrected chi connectivity index (χ0v) is 11.9. The van der Waals surface area contributed by atoms with Crippen LogP contribution in [-0.4, -0.2) is 37.3 Å². The number of aromatic amines is 1. The summed E-state index contributed by atoms with van der Waals surface area (Å²) in [6.45, 7) is 2.00. The number of rotatable bonds is 4. The molecule has 1 aliphatic heterocycles. The second-order valence-electron chi connectivity index (χ2n) is 4.97. The van der Waals surface area contributed by atoms with Crippen molar-refractivity contribution in [1.29, 1.82) is 0 Å². The maximum atomic E-state index is 11.7. The molecule has 6 nitrogen and oxygen atoms in total. The molecular weight excluding hydrogens is 276 g/mol. The summed E-state index contributed by atoms with van der Waals surface area (Å²) in [6, 6.07) is 5.99. The maximum Gasteiger partial charge on any atom is 0.279 e. The van der Waals surface area contributed by atoms with Crippen LogP contribution < -0.4 is 10.5 Å². The van der Waals surface area contributed by atoms with Crippen LogP contribution in [0.5, 0.6) is 0 Å². The molecule has 0 radical (unpaired) electrons. The SMILES string of the molecule is NCCc1c[nH]c2ccc(CN3CCNS3(=O)=O)cc12. The number of hydrogen-bond donors (Lipinski definition) is 3. The molecule has 0 unspecified atom stereocenters. The fourth-order valence-corrected chi connectivity index (χ4v) is 3.75. The van der Waals surface area contributed by atoms with Crippen LogP contribution >= 0.6 is 0 Å². The first-order valence-electron chi connectivity index (χ1n) is 6.64. The van der Waals surface area contributed by atoms with E-state index in [0.717, 1.165) is 22.9 Å². The number of nitrogens with zero attached hydrogens (tertiary/aromatic N) is 1. The van der Waals surface area contributed by atoms with Gasteiger partial charge in [-0.05, 0) is 36.2 Å². The summed E-state index contributed by atoms with van der Waals surface area (Å²) in [5, 5.41) is 1.12. The Labute approximate surface area is 118 Å². The summed E-state index contributed by atoms with van der Waals surface area (Å²) in [7, 11) is -3.29. The number of fused-ring (bicyclic) bond motifs is 1. The van der Waals surface area contributed by atoms with Gasteiger partial charge in [-0.2, -0.15) is 12.7 Å². The molecular formula is C13H18N4O2S. The minimum atomic E-state index is -3.29. The zero-order valence-electron chi connectivity index (χ0n) is 11.1. The lowest BCUT2D eigenvalue weighted by Crippen LogP contribution is -2.29. The molecule has 3 rings (SSSR count). The summed E-state index contributed by atoms with van der Waals surface area (Å²) < 4.78 is 27.4. The van der Waals surface area contributed by atoms with Crippen LogP contribution in [0.4, 0.5) is 0 Å². The standard InChI is InChI=1S/C13H18N4O2S/c14-4-3-11-8-15-13-2-1-10(7-12(11)13)9-17-6-5-16-20(17,18)19/h1-2,7-8,15-16H,3-6,9,14H2. The van der Waals surface area contributed by atoms with Crippen molar-refractivity contribution >= 4 is 21.1 Å². The van der Waals surface area contributed by atoms with Crippen molar-refractivity contribution in [2.45, 2.75) is 13.0 Å². The van der Waals surface area contributed by atoms with Gasteiger partial charge in [-0.3, -0.25) is 0 Å². The molecule has 1 aliphatic rings. The Balaban J connectivity index is 1.90. The summed E-state index contributed by atoms with van der Waals surface area (Å²) >= 11 is 0. The molecule has 1 aromatic heterocycles. The molecule has 108 valence electrons. The second-order valence-corrected chi connectivity index (χ2v) is 6.72. The van der Waals surface area contributed by atoms with Crippen LogP contribution in [0.15, 0.2) is 24.4 Å². The van der Waals surface area contributed by atoms with E-state index < -0.39 is 10.2 Å². The maximum absolute atomic E-state index is 11.7. The molecule has 2 heterocycles. The van der Waals surface area contributed by atoms with Gasteiger partial charge >= 0.3 is 0 Å². The fraction of sp³-hybridized carbons (Fsp3) is 0.385. The average molecular weight is 294 g/mol. The fourth-order valence-electron chi connectivity index (χ4n) is 2.56. The Bertz CT molecular complexity index is 723. The number of aromatic nitrogens is 1. The lowest BCUT2D eigenvalue weighted by molar-refractivity contribution is 0.446. The van der Waals surface area contributed by atoms with E-state index in [1.165, 1.54) is 9.87 Å². The van der Waals surface area contributed by atoms with Gasteiger partial charge in [0.1, 0.15) is 0 Å². The van der Waals surface area contributed by atoms with Gasteiger partial charge in [0.25, 0.3) is 10.2 Å². The quantitative estimate of drug-likeness (QED) is 0.758. The molecule has 1 aromatic carbocycles. The molecule has 0 amide bonds. The molecule has 4 N–H and O–H groups in total. The Morgan fingerprint density at radius 3 is 2.90 bits per heavy atom. The van der Waals surface area contributed by atoms with E-state index in [1.807, 2.05) is 24.4 Å². The predicted molar refractivity (Wildman–Crippen MR) is 78.4 cm³/mol. The van der Waals surface area contributed by atoms with Crippen molar-refractivity contribution in [2.24, 2.45) is 5.73 Å². The first kappa shape index (κ1) is 13.6.